The van der Waals surface area contributed by atoms with E-state index in [9.17, 15) is 14.0 Å². The standard InChI is InChI=1S/C24H22FN3O3S/c1-4-19-14(3)28-12-16(8-11-20(28)26-19)22(29)27-23-21(24(30)31-5-2)18(13-32-23)15-6-9-17(25)10-7-15/h6-13H,4-5H2,1-3H3,(H,27,29). The monoisotopic (exact) mass is 451 g/mol. The molecule has 164 valence electrons. The Bertz CT molecular complexity index is 1310. The predicted molar refractivity (Wildman–Crippen MR) is 123 cm³/mol. The average molecular weight is 452 g/mol. The van der Waals surface area contributed by atoms with E-state index in [2.05, 4.69) is 10.3 Å². The number of ether oxygens (including phenoxy) is 1. The molecule has 8 heteroatoms. The van der Waals surface area contributed by atoms with Crippen LogP contribution in [-0.4, -0.2) is 27.9 Å². The maximum atomic E-state index is 13.4. The van der Waals surface area contributed by atoms with Crippen molar-refractivity contribution < 1.29 is 18.7 Å². The van der Waals surface area contributed by atoms with Gasteiger partial charge < -0.3 is 14.5 Å². The van der Waals surface area contributed by atoms with Gasteiger partial charge in [-0.2, -0.15) is 0 Å². The first-order chi connectivity index (χ1) is 15.4. The molecule has 0 saturated heterocycles. The number of hydrogen-bond acceptors (Lipinski definition) is 5. The lowest BCUT2D eigenvalue weighted by molar-refractivity contribution is 0.0529. The van der Waals surface area contributed by atoms with Gasteiger partial charge >= 0.3 is 5.97 Å². The van der Waals surface area contributed by atoms with E-state index in [1.165, 1.54) is 23.5 Å². The first-order valence-electron chi connectivity index (χ1n) is 10.3. The number of halogens is 1. The summed E-state index contributed by atoms with van der Waals surface area (Å²) in [7, 11) is 0. The largest absolute Gasteiger partial charge is 0.462 e. The zero-order valence-corrected chi connectivity index (χ0v) is 18.8. The van der Waals surface area contributed by atoms with Gasteiger partial charge in [0.2, 0.25) is 0 Å². The number of amides is 1. The molecule has 6 nitrogen and oxygen atoms in total. The Labute approximate surface area is 188 Å². The Morgan fingerprint density at radius 2 is 1.91 bits per heavy atom. The minimum absolute atomic E-state index is 0.196. The Balaban J connectivity index is 1.70. The predicted octanol–water partition coefficient (Wildman–Crippen LogP) is 5.50. The van der Waals surface area contributed by atoms with E-state index in [-0.39, 0.29) is 23.9 Å². The minimum Gasteiger partial charge on any atom is -0.462 e. The molecule has 1 aromatic carbocycles. The number of nitrogens with zero attached hydrogens (tertiary/aromatic N) is 2. The molecule has 3 heterocycles. The first-order valence-corrected chi connectivity index (χ1v) is 11.1. The van der Waals surface area contributed by atoms with Crippen molar-refractivity contribution >= 4 is 33.9 Å². The van der Waals surface area contributed by atoms with Crippen molar-refractivity contribution in [2.75, 3.05) is 11.9 Å². The highest BCUT2D eigenvalue weighted by Gasteiger charge is 2.23. The molecule has 3 aromatic heterocycles. The van der Waals surface area contributed by atoms with Crippen molar-refractivity contribution in [3.8, 4) is 11.1 Å². The number of imidazole rings is 1. The highest BCUT2D eigenvalue weighted by Crippen LogP contribution is 2.36. The number of fused-ring (bicyclic) bond motifs is 1. The average Bonchev–Trinajstić information content (AvgIpc) is 3.35. The molecular weight excluding hydrogens is 429 g/mol. The van der Waals surface area contributed by atoms with Gasteiger partial charge in [0.25, 0.3) is 5.91 Å². The number of hydrogen-bond donors (Lipinski definition) is 1. The van der Waals surface area contributed by atoms with Crippen LogP contribution < -0.4 is 5.32 Å². The molecule has 1 N–H and O–H groups in total. The molecule has 4 rings (SSSR count). The Kier molecular flexibility index (Phi) is 6.05. The lowest BCUT2D eigenvalue weighted by atomic mass is 10.0. The molecule has 0 bridgehead atoms. The number of benzene rings is 1. The van der Waals surface area contributed by atoms with Crippen molar-refractivity contribution in [1.29, 1.82) is 0 Å². The fraction of sp³-hybridized carbons (Fsp3) is 0.208. The number of aryl methyl sites for hydroxylation is 2. The highest BCUT2D eigenvalue weighted by molar-refractivity contribution is 7.15. The molecule has 0 aliphatic heterocycles. The quantitative estimate of drug-likeness (QED) is 0.393. The van der Waals surface area contributed by atoms with Crippen molar-refractivity contribution in [2.45, 2.75) is 27.2 Å². The number of anilines is 1. The van der Waals surface area contributed by atoms with E-state index in [0.717, 1.165) is 23.5 Å². The Morgan fingerprint density at radius 1 is 1.16 bits per heavy atom. The van der Waals surface area contributed by atoms with Crippen LogP contribution in [0.1, 0.15) is 46.0 Å². The van der Waals surface area contributed by atoms with E-state index in [1.54, 1.807) is 42.8 Å². The SMILES string of the molecule is CCOC(=O)c1c(-c2ccc(F)cc2)csc1NC(=O)c1ccc2nc(CC)c(C)n2c1. The number of rotatable bonds is 6. The molecule has 0 fully saturated rings. The third kappa shape index (κ3) is 4.01. The molecule has 1 amide bonds. The van der Waals surface area contributed by atoms with Gasteiger partial charge in [-0.1, -0.05) is 19.1 Å². The highest BCUT2D eigenvalue weighted by atomic mass is 32.1. The molecule has 4 aromatic rings. The van der Waals surface area contributed by atoms with E-state index in [1.807, 2.05) is 18.2 Å². The Hall–Kier alpha value is -3.52. The lowest BCUT2D eigenvalue weighted by Gasteiger charge is -2.09. The minimum atomic E-state index is -0.545. The number of aromatic nitrogens is 2. The summed E-state index contributed by atoms with van der Waals surface area (Å²) in [5, 5.41) is 4.98. The van der Waals surface area contributed by atoms with Gasteiger partial charge in [0.05, 0.1) is 17.9 Å². The molecule has 0 aliphatic carbocycles. The number of pyridine rings is 1. The fourth-order valence-corrected chi connectivity index (χ4v) is 4.51. The Morgan fingerprint density at radius 3 is 2.59 bits per heavy atom. The van der Waals surface area contributed by atoms with Gasteiger partial charge in [-0.15, -0.1) is 11.3 Å². The van der Waals surface area contributed by atoms with Gasteiger partial charge in [-0.3, -0.25) is 4.79 Å². The van der Waals surface area contributed by atoms with Crippen LogP contribution in [0.5, 0.6) is 0 Å². The first kappa shape index (κ1) is 21.7. The summed E-state index contributed by atoms with van der Waals surface area (Å²) in [6, 6.07) is 9.33. The number of nitrogens with one attached hydrogen (secondary N) is 1. The van der Waals surface area contributed by atoms with Crippen molar-refractivity contribution in [2.24, 2.45) is 0 Å². The lowest BCUT2D eigenvalue weighted by Crippen LogP contribution is -2.15. The molecule has 0 unspecified atom stereocenters. The van der Waals surface area contributed by atoms with Gasteiger partial charge in [0.1, 0.15) is 22.0 Å². The fourth-order valence-electron chi connectivity index (χ4n) is 3.55. The normalized spacial score (nSPS) is 11.0. The number of thiophene rings is 1. The zero-order valence-electron chi connectivity index (χ0n) is 17.9. The van der Waals surface area contributed by atoms with Crippen molar-refractivity contribution in [3.05, 3.63) is 76.3 Å². The summed E-state index contributed by atoms with van der Waals surface area (Å²) < 4.78 is 20.5. The van der Waals surface area contributed by atoms with E-state index in [0.29, 0.717) is 21.7 Å². The van der Waals surface area contributed by atoms with Crippen molar-refractivity contribution in [3.63, 3.8) is 0 Å². The summed E-state index contributed by atoms with van der Waals surface area (Å²) in [6.45, 7) is 5.91. The molecular formula is C24H22FN3O3S. The molecule has 32 heavy (non-hydrogen) atoms. The van der Waals surface area contributed by atoms with E-state index >= 15 is 0 Å². The summed E-state index contributed by atoms with van der Waals surface area (Å²) >= 11 is 1.22. The van der Waals surface area contributed by atoms with Crippen LogP contribution in [0.4, 0.5) is 9.39 Å². The third-order valence-corrected chi connectivity index (χ3v) is 6.10. The molecule has 0 spiro atoms. The summed E-state index contributed by atoms with van der Waals surface area (Å²) in [6.07, 6.45) is 2.55. The summed E-state index contributed by atoms with van der Waals surface area (Å²) in [5.41, 5.74) is 4.68. The summed E-state index contributed by atoms with van der Waals surface area (Å²) in [4.78, 5) is 30.3. The van der Waals surface area contributed by atoms with E-state index < -0.39 is 5.97 Å². The molecule has 0 atom stereocenters. The van der Waals surface area contributed by atoms with Crippen LogP contribution in [0.2, 0.25) is 0 Å². The van der Waals surface area contributed by atoms with Crippen LogP contribution >= 0.6 is 11.3 Å². The van der Waals surface area contributed by atoms with Gasteiger partial charge in [0.15, 0.2) is 0 Å². The van der Waals surface area contributed by atoms with Crippen molar-refractivity contribution in [1.82, 2.24) is 9.38 Å². The van der Waals surface area contributed by atoms with Crippen LogP contribution in [-0.2, 0) is 11.2 Å². The maximum Gasteiger partial charge on any atom is 0.341 e. The second kappa shape index (κ2) is 8.92. The third-order valence-electron chi connectivity index (χ3n) is 5.21. The van der Waals surface area contributed by atoms with Crippen LogP contribution in [0.3, 0.4) is 0 Å². The van der Waals surface area contributed by atoms with Crippen LogP contribution in [0.15, 0.2) is 48.0 Å². The maximum absolute atomic E-state index is 13.4. The van der Waals surface area contributed by atoms with Gasteiger partial charge in [-0.25, -0.2) is 14.2 Å². The summed E-state index contributed by atoms with van der Waals surface area (Å²) in [5.74, 6) is -1.26. The van der Waals surface area contributed by atoms with Gasteiger partial charge in [-0.05, 0) is 50.1 Å². The second-order valence-electron chi connectivity index (χ2n) is 7.18. The van der Waals surface area contributed by atoms with Crippen LogP contribution in [0.25, 0.3) is 16.8 Å². The molecule has 0 radical (unpaired) electrons. The number of carbonyl (C=O) groups excluding carboxylic acids is 2. The molecule has 0 aliphatic rings. The number of esters is 1. The smallest absolute Gasteiger partial charge is 0.341 e. The topological polar surface area (TPSA) is 72.7 Å². The zero-order chi connectivity index (χ0) is 22.8. The number of carbonyl (C=O) groups is 2. The second-order valence-corrected chi connectivity index (χ2v) is 8.06. The van der Waals surface area contributed by atoms with Gasteiger partial charge in [0, 0.05) is 22.8 Å². The van der Waals surface area contributed by atoms with E-state index in [4.69, 9.17) is 4.74 Å². The van der Waals surface area contributed by atoms with Crippen LogP contribution in [0, 0.1) is 12.7 Å². The molecule has 0 saturated carbocycles.